The summed E-state index contributed by atoms with van der Waals surface area (Å²) in [6.45, 7) is 1.18. The highest BCUT2D eigenvalue weighted by molar-refractivity contribution is 5.99. The first-order chi connectivity index (χ1) is 9.58. The van der Waals surface area contributed by atoms with Crippen molar-refractivity contribution in [2.75, 3.05) is 23.8 Å². The van der Waals surface area contributed by atoms with Crippen LogP contribution in [0.3, 0.4) is 0 Å². The number of fused-ring (bicyclic) bond motifs is 1. The van der Waals surface area contributed by atoms with Crippen molar-refractivity contribution in [3.8, 4) is 0 Å². The number of hydrogen-bond donors (Lipinski definition) is 2. The van der Waals surface area contributed by atoms with Crippen molar-refractivity contribution >= 4 is 17.3 Å². The number of nitrogens with zero attached hydrogens (tertiary/aromatic N) is 1. The van der Waals surface area contributed by atoms with Crippen molar-refractivity contribution in [2.45, 2.75) is 31.4 Å². The van der Waals surface area contributed by atoms with Gasteiger partial charge < -0.3 is 21.1 Å². The van der Waals surface area contributed by atoms with Crippen LogP contribution in [-0.2, 0) is 4.74 Å². The zero-order valence-electron chi connectivity index (χ0n) is 11.1. The molecule has 4 N–H and O–H groups in total. The van der Waals surface area contributed by atoms with E-state index in [1.54, 1.807) is 0 Å². The van der Waals surface area contributed by atoms with Crippen LogP contribution < -0.4 is 16.4 Å². The first-order valence-corrected chi connectivity index (χ1v) is 6.85. The molecule has 108 valence electrons. The van der Waals surface area contributed by atoms with Crippen molar-refractivity contribution in [3.63, 3.8) is 0 Å². The van der Waals surface area contributed by atoms with Gasteiger partial charge in [-0.1, -0.05) is 0 Å². The lowest BCUT2D eigenvalue weighted by molar-refractivity contribution is 0.0254. The van der Waals surface area contributed by atoms with Crippen LogP contribution in [0.1, 0.15) is 29.6 Å². The van der Waals surface area contributed by atoms with E-state index in [-0.39, 0.29) is 23.4 Å². The van der Waals surface area contributed by atoms with Crippen LogP contribution >= 0.6 is 0 Å². The largest absolute Gasteiger partial charge is 0.398 e. The molecule has 1 aliphatic carbocycles. The molecule has 0 aromatic heterocycles. The lowest BCUT2D eigenvalue weighted by atomic mass is 10.1. The van der Waals surface area contributed by atoms with Crippen molar-refractivity contribution in [1.29, 1.82) is 0 Å². The Morgan fingerprint density at radius 1 is 1.40 bits per heavy atom. The number of amides is 1. The van der Waals surface area contributed by atoms with Gasteiger partial charge in [-0.05, 0) is 31.4 Å². The molecule has 5 nitrogen and oxygen atoms in total. The predicted molar refractivity (Wildman–Crippen MR) is 74.1 cm³/mol. The highest BCUT2D eigenvalue weighted by Gasteiger charge is 2.37. The molecule has 2 atom stereocenters. The third kappa shape index (κ3) is 2.10. The van der Waals surface area contributed by atoms with Crippen LogP contribution in [0.2, 0.25) is 0 Å². The second-order valence-corrected chi connectivity index (χ2v) is 5.36. The van der Waals surface area contributed by atoms with Gasteiger partial charge in [0.15, 0.2) is 0 Å². The molecular formula is C14H18FN3O2. The highest BCUT2D eigenvalue weighted by Crippen LogP contribution is 2.35. The number of hydrogen-bond acceptors (Lipinski definition) is 4. The van der Waals surface area contributed by atoms with Crippen LogP contribution in [0, 0.1) is 5.82 Å². The molecule has 1 saturated heterocycles. The molecule has 1 amide bonds. The maximum Gasteiger partial charge on any atom is 0.250 e. The predicted octanol–water partition coefficient (Wildman–Crippen LogP) is 1.26. The number of ether oxygens (including phenoxy) is 1. The van der Waals surface area contributed by atoms with Crippen molar-refractivity contribution in [2.24, 2.45) is 5.73 Å². The fourth-order valence-corrected chi connectivity index (χ4v) is 3.24. The Hall–Kier alpha value is -1.82. The number of halogens is 1. The van der Waals surface area contributed by atoms with Gasteiger partial charge in [0.05, 0.1) is 30.0 Å². The number of nitrogens with two attached hydrogens (primary N) is 2. The van der Waals surface area contributed by atoms with Gasteiger partial charge in [0.25, 0.3) is 5.91 Å². The highest BCUT2D eigenvalue weighted by atomic mass is 19.1. The van der Waals surface area contributed by atoms with E-state index < -0.39 is 11.7 Å². The monoisotopic (exact) mass is 279 g/mol. The average molecular weight is 279 g/mol. The van der Waals surface area contributed by atoms with E-state index >= 15 is 0 Å². The van der Waals surface area contributed by atoms with Gasteiger partial charge in [-0.3, -0.25) is 4.79 Å². The van der Waals surface area contributed by atoms with Gasteiger partial charge in [-0.2, -0.15) is 0 Å². The Labute approximate surface area is 116 Å². The van der Waals surface area contributed by atoms with Crippen LogP contribution in [-0.4, -0.2) is 31.2 Å². The minimum Gasteiger partial charge on any atom is -0.398 e. The second-order valence-electron chi connectivity index (χ2n) is 5.36. The van der Waals surface area contributed by atoms with Gasteiger partial charge in [0.1, 0.15) is 5.82 Å². The molecule has 20 heavy (non-hydrogen) atoms. The van der Waals surface area contributed by atoms with Gasteiger partial charge in [-0.25, -0.2) is 4.39 Å². The Bertz CT molecular complexity index is 549. The summed E-state index contributed by atoms with van der Waals surface area (Å²) in [5.41, 5.74) is 11.6. The van der Waals surface area contributed by atoms with Crippen LogP contribution in [0.4, 0.5) is 15.8 Å². The second kappa shape index (κ2) is 4.94. The smallest absolute Gasteiger partial charge is 0.250 e. The number of anilines is 2. The van der Waals surface area contributed by atoms with Crippen molar-refractivity contribution in [1.82, 2.24) is 0 Å². The molecule has 2 unspecified atom stereocenters. The summed E-state index contributed by atoms with van der Waals surface area (Å²) in [7, 11) is 0. The summed E-state index contributed by atoms with van der Waals surface area (Å²) in [6, 6.07) is 2.81. The third-order valence-electron chi connectivity index (χ3n) is 4.18. The topological polar surface area (TPSA) is 81.6 Å². The van der Waals surface area contributed by atoms with Crippen LogP contribution in [0.15, 0.2) is 12.1 Å². The maximum absolute atomic E-state index is 14.2. The summed E-state index contributed by atoms with van der Waals surface area (Å²) >= 11 is 0. The molecule has 2 fully saturated rings. The summed E-state index contributed by atoms with van der Waals surface area (Å²) in [5, 5.41) is 0. The fraction of sp³-hybridized carbons (Fsp3) is 0.500. The zero-order chi connectivity index (χ0) is 14.3. The summed E-state index contributed by atoms with van der Waals surface area (Å²) in [5.74, 6) is -1.06. The number of morpholine rings is 1. The van der Waals surface area contributed by atoms with Crippen LogP contribution in [0.25, 0.3) is 0 Å². The standard InChI is InChI=1S/C14H18FN3O2/c15-9-7-10(16)8(14(17)19)6-12(9)18-4-5-20-13-3-1-2-11(13)18/h6-7,11,13H,1-5,16H2,(H2,17,19). The number of carbonyl (C=O) groups excluding carboxylic acids is 1. The quantitative estimate of drug-likeness (QED) is 0.799. The molecule has 0 bridgehead atoms. The molecule has 6 heteroatoms. The molecule has 1 heterocycles. The van der Waals surface area contributed by atoms with Gasteiger partial charge >= 0.3 is 0 Å². The first kappa shape index (κ1) is 13.2. The fourth-order valence-electron chi connectivity index (χ4n) is 3.24. The summed E-state index contributed by atoms with van der Waals surface area (Å²) in [6.07, 6.45) is 3.20. The minimum atomic E-state index is -0.639. The van der Waals surface area contributed by atoms with E-state index in [0.717, 1.165) is 19.3 Å². The summed E-state index contributed by atoms with van der Waals surface area (Å²) < 4.78 is 19.9. The molecule has 1 saturated carbocycles. The zero-order valence-corrected chi connectivity index (χ0v) is 11.1. The Morgan fingerprint density at radius 2 is 2.20 bits per heavy atom. The molecule has 3 rings (SSSR count). The van der Waals surface area contributed by atoms with E-state index in [9.17, 15) is 9.18 Å². The lowest BCUT2D eigenvalue weighted by Gasteiger charge is -2.39. The number of primary amides is 1. The third-order valence-corrected chi connectivity index (χ3v) is 4.18. The maximum atomic E-state index is 14.2. The molecule has 2 aliphatic rings. The van der Waals surface area contributed by atoms with Crippen molar-refractivity contribution in [3.05, 3.63) is 23.5 Å². The van der Waals surface area contributed by atoms with Crippen molar-refractivity contribution < 1.29 is 13.9 Å². The number of nitrogen functional groups attached to an aromatic ring is 1. The number of carbonyl (C=O) groups is 1. The Morgan fingerprint density at radius 3 is 2.95 bits per heavy atom. The Kier molecular flexibility index (Phi) is 3.25. The van der Waals surface area contributed by atoms with Crippen LogP contribution in [0.5, 0.6) is 0 Å². The van der Waals surface area contributed by atoms with Gasteiger partial charge in [0.2, 0.25) is 0 Å². The number of benzene rings is 1. The molecule has 1 aliphatic heterocycles. The van der Waals surface area contributed by atoms with E-state index in [4.69, 9.17) is 16.2 Å². The molecule has 0 spiro atoms. The molecule has 1 aromatic rings. The minimum absolute atomic E-state index is 0.0787. The Balaban J connectivity index is 2.00. The normalized spacial score (nSPS) is 25.6. The SMILES string of the molecule is NC(=O)c1cc(N2CCOC3CCCC32)c(F)cc1N. The van der Waals surface area contributed by atoms with E-state index in [2.05, 4.69) is 0 Å². The molecule has 1 aromatic carbocycles. The van der Waals surface area contributed by atoms with Gasteiger partial charge in [0, 0.05) is 12.2 Å². The van der Waals surface area contributed by atoms with E-state index in [1.807, 2.05) is 4.90 Å². The molecule has 0 radical (unpaired) electrons. The first-order valence-electron chi connectivity index (χ1n) is 6.85. The van der Waals surface area contributed by atoms with E-state index in [0.29, 0.717) is 18.8 Å². The van der Waals surface area contributed by atoms with Gasteiger partial charge in [-0.15, -0.1) is 0 Å². The average Bonchev–Trinajstić information content (AvgIpc) is 2.86. The molecular weight excluding hydrogens is 261 g/mol. The number of rotatable bonds is 2. The summed E-state index contributed by atoms with van der Waals surface area (Å²) in [4.78, 5) is 13.4. The van der Waals surface area contributed by atoms with E-state index in [1.165, 1.54) is 12.1 Å². The lowest BCUT2D eigenvalue weighted by Crippen LogP contribution is -2.49.